The maximum atomic E-state index is 13.3. The summed E-state index contributed by atoms with van der Waals surface area (Å²) in [6, 6.07) is 2.84. The van der Waals surface area contributed by atoms with E-state index < -0.39 is 33.4 Å². The minimum atomic E-state index is -3.35. The van der Waals surface area contributed by atoms with Crippen molar-refractivity contribution in [2.24, 2.45) is 0 Å². The normalized spacial score (nSPS) is 21.9. The lowest BCUT2D eigenvalue weighted by Gasteiger charge is -2.32. The number of rotatable bonds is 4. The minimum absolute atomic E-state index is 0.0962. The molecule has 0 bridgehead atoms. The van der Waals surface area contributed by atoms with Crippen LogP contribution in [0.25, 0.3) is 0 Å². The lowest BCUT2D eigenvalue weighted by atomic mass is 10.1. The van der Waals surface area contributed by atoms with Crippen LogP contribution >= 0.6 is 0 Å². The predicted molar refractivity (Wildman–Crippen MR) is 73.4 cm³/mol. The fraction of sp³-hybridized carbons (Fsp3) is 0.462. The van der Waals surface area contributed by atoms with Crippen LogP contribution in [-0.2, 0) is 21.2 Å². The number of nitrogens with zero attached hydrogens (tertiary/aromatic N) is 1. The SMILES string of the molecule is COc1ccc(F)cc1CN1CCS(=O)(=O)CC1C(=O)O. The van der Waals surface area contributed by atoms with E-state index in [-0.39, 0.29) is 18.8 Å². The minimum Gasteiger partial charge on any atom is -0.496 e. The van der Waals surface area contributed by atoms with Crippen LogP contribution in [0.5, 0.6) is 5.75 Å². The molecular formula is C13H16FNO5S. The van der Waals surface area contributed by atoms with Crippen LogP contribution in [0.4, 0.5) is 4.39 Å². The largest absolute Gasteiger partial charge is 0.496 e. The third-order valence-electron chi connectivity index (χ3n) is 3.44. The number of carbonyl (C=O) groups is 1. The van der Waals surface area contributed by atoms with Gasteiger partial charge in [0, 0.05) is 18.7 Å². The number of sulfone groups is 1. The van der Waals surface area contributed by atoms with E-state index >= 15 is 0 Å². The van der Waals surface area contributed by atoms with E-state index in [1.807, 2.05) is 0 Å². The first kappa shape index (κ1) is 15.7. The van der Waals surface area contributed by atoms with Gasteiger partial charge in [-0.15, -0.1) is 0 Å². The highest BCUT2D eigenvalue weighted by Crippen LogP contribution is 2.23. The number of halogens is 1. The van der Waals surface area contributed by atoms with Gasteiger partial charge in [0.25, 0.3) is 0 Å². The summed E-state index contributed by atoms with van der Waals surface area (Å²) in [6.07, 6.45) is 0. The molecule has 1 aliphatic heterocycles. The number of methoxy groups -OCH3 is 1. The molecular weight excluding hydrogens is 301 g/mol. The zero-order valence-corrected chi connectivity index (χ0v) is 12.3. The zero-order valence-electron chi connectivity index (χ0n) is 11.5. The third kappa shape index (κ3) is 3.70. The van der Waals surface area contributed by atoms with Gasteiger partial charge in [-0.25, -0.2) is 12.8 Å². The van der Waals surface area contributed by atoms with Crippen molar-refractivity contribution in [2.45, 2.75) is 12.6 Å². The molecule has 0 radical (unpaired) electrons. The highest BCUT2D eigenvalue weighted by atomic mass is 32.2. The van der Waals surface area contributed by atoms with Crippen molar-refractivity contribution in [3.05, 3.63) is 29.6 Å². The second-order valence-electron chi connectivity index (χ2n) is 4.90. The van der Waals surface area contributed by atoms with Crippen LogP contribution in [0.3, 0.4) is 0 Å². The standard InChI is InChI=1S/C13H16FNO5S/c1-20-12-3-2-10(14)6-9(12)7-15-4-5-21(18,19)8-11(15)13(16)17/h2-3,6,11H,4-5,7-8H2,1H3,(H,16,17). The van der Waals surface area contributed by atoms with Gasteiger partial charge in [-0.3, -0.25) is 9.69 Å². The molecule has 21 heavy (non-hydrogen) atoms. The van der Waals surface area contributed by atoms with E-state index in [4.69, 9.17) is 4.74 Å². The van der Waals surface area contributed by atoms with Gasteiger partial charge in [-0.1, -0.05) is 0 Å². The van der Waals surface area contributed by atoms with Gasteiger partial charge < -0.3 is 9.84 Å². The van der Waals surface area contributed by atoms with Crippen LogP contribution < -0.4 is 4.74 Å². The number of aliphatic carboxylic acids is 1. The van der Waals surface area contributed by atoms with Crippen molar-refractivity contribution in [2.75, 3.05) is 25.2 Å². The number of hydrogen-bond donors (Lipinski definition) is 1. The van der Waals surface area contributed by atoms with Gasteiger partial charge in [-0.2, -0.15) is 0 Å². The number of carboxylic acids is 1. The van der Waals surface area contributed by atoms with E-state index in [1.54, 1.807) is 0 Å². The lowest BCUT2D eigenvalue weighted by Crippen LogP contribution is -2.51. The quantitative estimate of drug-likeness (QED) is 0.871. The molecule has 1 saturated heterocycles. The van der Waals surface area contributed by atoms with Crippen molar-refractivity contribution in [3.63, 3.8) is 0 Å². The van der Waals surface area contributed by atoms with Crippen molar-refractivity contribution in [1.82, 2.24) is 4.90 Å². The van der Waals surface area contributed by atoms with E-state index in [0.29, 0.717) is 11.3 Å². The fourth-order valence-electron chi connectivity index (χ4n) is 2.35. The summed E-state index contributed by atoms with van der Waals surface area (Å²) in [5.74, 6) is -1.75. The monoisotopic (exact) mass is 317 g/mol. The lowest BCUT2D eigenvalue weighted by molar-refractivity contribution is -0.142. The van der Waals surface area contributed by atoms with Gasteiger partial charge in [0.2, 0.25) is 0 Å². The Morgan fingerprint density at radius 2 is 2.24 bits per heavy atom. The molecule has 1 fully saturated rings. The number of hydrogen-bond acceptors (Lipinski definition) is 5. The Bertz CT molecular complexity index is 646. The topological polar surface area (TPSA) is 83.9 Å². The zero-order chi connectivity index (χ0) is 15.6. The summed E-state index contributed by atoms with van der Waals surface area (Å²) in [5, 5.41) is 9.19. The molecule has 1 unspecified atom stereocenters. The number of carboxylic acid groups (broad SMARTS) is 1. The average molecular weight is 317 g/mol. The molecule has 0 spiro atoms. The maximum absolute atomic E-state index is 13.3. The van der Waals surface area contributed by atoms with Gasteiger partial charge in [0.15, 0.2) is 9.84 Å². The van der Waals surface area contributed by atoms with Crippen LogP contribution in [0.1, 0.15) is 5.56 Å². The summed E-state index contributed by atoms with van der Waals surface area (Å²) >= 11 is 0. The first-order chi connectivity index (χ1) is 9.82. The first-order valence-electron chi connectivity index (χ1n) is 6.32. The van der Waals surface area contributed by atoms with Crippen LogP contribution in [0.15, 0.2) is 18.2 Å². The molecule has 1 aromatic carbocycles. The second-order valence-corrected chi connectivity index (χ2v) is 7.12. The molecule has 1 aromatic rings. The van der Waals surface area contributed by atoms with E-state index in [9.17, 15) is 22.7 Å². The smallest absolute Gasteiger partial charge is 0.321 e. The Balaban J connectivity index is 2.25. The van der Waals surface area contributed by atoms with Gasteiger partial charge in [0.05, 0.1) is 18.6 Å². The van der Waals surface area contributed by atoms with Crippen molar-refractivity contribution in [1.29, 1.82) is 0 Å². The Morgan fingerprint density at radius 3 is 2.86 bits per heavy atom. The van der Waals surface area contributed by atoms with Crippen molar-refractivity contribution in [3.8, 4) is 5.75 Å². The summed E-state index contributed by atoms with van der Waals surface area (Å²) in [7, 11) is -1.92. The molecule has 2 rings (SSSR count). The highest BCUT2D eigenvalue weighted by Gasteiger charge is 2.36. The molecule has 0 saturated carbocycles. The van der Waals surface area contributed by atoms with Crippen LogP contribution in [0.2, 0.25) is 0 Å². The molecule has 1 aliphatic rings. The van der Waals surface area contributed by atoms with E-state index in [0.717, 1.165) is 0 Å². The predicted octanol–water partition coefficient (Wildman–Crippen LogP) is 0.518. The molecule has 0 amide bonds. The summed E-state index contributed by atoms with van der Waals surface area (Å²) < 4.78 is 41.6. The molecule has 0 aromatic heterocycles. The second kappa shape index (κ2) is 5.98. The molecule has 1 heterocycles. The number of benzene rings is 1. The van der Waals surface area contributed by atoms with Crippen molar-refractivity contribution < 1.29 is 27.4 Å². The molecule has 0 aliphatic carbocycles. The fourth-order valence-corrected chi connectivity index (χ4v) is 3.86. The molecule has 116 valence electrons. The third-order valence-corrected chi connectivity index (χ3v) is 5.07. The molecule has 1 N–H and O–H groups in total. The molecule has 8 heteroatoms. The summed E-state index contributed by atoms with van der Waals surface area (Å²) in [6.45, 7) is 0.215. The van der Waals surface area contributed by atoms with Gasteiger partial charge in [0.1, 0.15) is 17.6 Å². The number of ether oxygens (including phenoxy) is 1. The average Bonchev–Trinajstić information content (AvgIpc) is 2.40. The molecule has 6 nitrogen and oxygen atoms in total. The maximum Gasteiger partial charge on any atom is 0.321 e. The van der Waals surface area contributed by atoms with Gasteiger partial charge >= 0.3 is 5.97 Å². The van der Waals surface area contributed by atoms with Crippen molar-refractivity contribution >= 4 is 15.8 Å². The Morgan fingerprint density at radius 1 is 1.52 bits per heavy atom. The van der Waals surface area contributed by atoms with E-state index in [1.165, 1.54) is 30.2 Å². The Hall–Kier alpha value is -1.67. The van der Waals surface area contributed by atoms with Crippen LogP contribution in [0, 0.1) is 5.82 Å². The Kier molecular flexibility index (Phi) is 4.48. The highest BCUT2D eigenvalue weighted by molar-refractivity contribution is 7.91. The van der Waals surface area contributed by atoms with Crippen LogP contribution in [-0.4, -0.2) is 55.6 Å². The summed E-state index contributed by atoms with van der Waals surface area (Å²) in [4.78, 5) is 12.8. The summed E-state index contributed by atoms with van der Waals surface area (Å²) in [5.41, 5.74) is 0.489. The Labute approximate surface area is 122 Å². The molecule has 1 atom stereocenters. The van der Waals surface area contributed by atoms with E-state index in [2.05, 4.69) is 0 Å². The van der Waals surface area contributed by atoms with Gasteiger partial charge in [-0.05, 0) is 18.2 Å². The first-order valence-corrected chi connectivity index (χ1v) is 8.14.